The molecule has 7 heteroatoms. The third-order valence-electron chi connectivity index (χ3n) is 3.30. The Labute approximate surface area is 147 Å². The van der Waals surface area contributed by atoms with E-state index in [9.17, 15) is 0 Å². The Kier molecular flexibility index (Phi) is 4.68. The summed E-state index contributed by atoms with van der Waals surface area (Å²) >= 11 is 3.49. The summed E-state index contributed by atoms with van der Waals surface area (Å²) in [5.74, 6) is 0.867. The van der Waals surface area contributed by atoms with E-state index in [1.807, 2.05) is 43.3 Å². The monoisotopic (exact) mass is 380 g/mol. The van der Waals surface area contributed by atoms with Gasteiger partial charge < -0.3 is 10.6 Å². The van der Waals surface area contributed by atoms with Gasteiger partial charge in [0.15, 0.2) is 5.82 Å². The maximum absolute atomic E-state index is 9.14. The van der Waals surface area contributed by atoms with Gasteiger partial charge in [0.2, 0.25) is 5.95 Å². The van der Waals surface area contributed by atoms with Crippen molar-refractivity contribution in [2.24, 2.45) is 0 Å². The minimum absolute atomic E-state index is 0.366. The van der Waals surface area contributed by atoms with Gasteiger partial charge in [0.1, 0.15) is 6.07 Å². The van der Waals surface area contributed by atoms with Gasteiger partial charge in [0, 0.05) is 10.2 Å². The van der Waals surface area contributed by atoms with E-state index < -0.39 is 0 Å². The summed E-state index contributed by atoms with van der Waals surface area (Å²) in [5, 5.41) is 23.2. The van der Waals surface area contributed by atoms with E-state index in [2.05, 4.69) is 47.8 Å². The van der Waals surface area contributed by atoms with E-state index >= 15 is 0 Å². The summed E-state index contributed by atoms with van der Waals surface area (Å²) < 4.78 is 0.998. The zero-order valence-corrected chi connectivity index (χ0v) is 14.4. The minimum atomic E-state index is 0.366. The summed E-state index contributed by atoms with van der Waals surface area (Å²) in [7, 11) is 0. The van der Waals surface area contributed by atoms with Crippen molar-refractivity contribution in [1.29, 1.82) is 5.26 Å². The molecule has 2 N–H and O–H groups in total. The van der Waals surface area contributed by atoms with E-state index in [4.69, 9.17) is 5.26 Å². The Bertz CT molecular complexity index is 919. The molecular weight excluding hydrogens is 368 g/mol. The van der Waals surface area contributed by atoms with Crippen LogP contribution in [-0.4, -0.2) is 15.2 Å². The van der Waals surface area contributed by atoms with Crippen molar-refractivity contribution in [2.75, 3.05) is 10.6 Å². The number of halogens is 1. The number of nitrogens with one attached hydrogen (secondary N) is 2. The molecule has 0 bridgehead atoms. The van der Waals surface area contributed by atoms with E-state index in [1.54, 1.807) is 6.07 Å². The number of rotatable bonds is 4. The minimum Gasteiger partial charge on any atom is -0.338 e. The second kappa shape index (κ2) is 7.06. The fourth-order valence-corrected chi connectivity index (χ4v) is 2.42. The van der Waals surface area contributed by atoms with E-state index in [-0.39, 0.29) is 0 Å². The molecule has 1 heterocycles. The molecule has 0 spiro atoms. The Hall–Kier alpha value is -2.98. The highest BCUT2D eigenvalue weighted by Crippen LogP contribution is 2.23. The normalized spacial score (nSPS) is 10.0. The number of benzene rings is 2. The van der Waals surface area contributed by atoms with Crippen molar-refractivity contribution in [3.63, 3.8) is 0 Å². The molecule has 0 radical (unpaired) electrons. The first kappa shape index (κ1) is 15.9. The fourth-order valence-electron chi connectivity index (χ4n) is 2.04. The molecule has 0 aliphatic rings. The lowest BCUT2D eigenvalue weighted by atomic mass is 10.2. The molecule has 0 unspecified atom stereocenters. The highest BCUT2D eigenvalue weighted by Gasteiger charge is 2.05. The molecule has 0 aliphatic carbocycles. The van der Waals surface area contributed by atoms with E-state index in [0.717, 1.165) is 15.7 Å². The highest BCUT2D eigenvalue weighted by molar-refractivity contribution is 9.10. The van der Waals surface area contributed by atoms with Crippen LogP contribution in [0.4, 0.5) is 23.1 Å². The van der Waals surface area contributed by atoms with Gasteiger partial charge in [0.25, 0.3) is 0 Å². The van der Waals surface area contributed by atoms with Gasteiger partial charge >= 0.3 is 0 Å². The van der Waals surface area contributed by atoms with Crippen molar-refractivity contribution >= 4 is 39.1 Å². The number of aryl methyl sites for hydroxylation is 1. The standard InChI is InChI=1S/C17H13BrN6/c1-11-6-7-13(8-14(11)18)21-17-23-16(10-20-24-17)22-15-5-3-2-4-12(15)9-19/h2-8,10H,1H3,(H2,21,22,23,24). The van der Waals surface area contributed by atoms with Gasteiger partial charge in [-0.2, -0.15) is 15.3 Å². The molecule has 3 aromatic rings. The van der Waals surface area contributed by atoms with Crippen LogP contribution in [0.5, 0.6) is 0 Å². The quantitative estimate of drug-likeness (QED) is 0.701. The Morgan fingerprint density at radius 1 is 1.12 bits per heavy atom. The van der Waals surface area contributed by atoms with Gasteiger partial charge in [-0.15, -0.1) is 5.10 Å². The van der Waals surface area contributed by atoms with Crippen LogP contribution in [0.1, 0.15) is 11.1 Å². The number of hydrogen-bond acceptors (Lipinski definition) is 6. The third-order valence-corrected chi connectivity index (χ3v) is 4.15. The predicted molar refractivity (Wildman–Crippen MR) is 96.4 cm³/mol. The molecule has 2 aromatic carbocycles. The second-order valence-electron chi connectivity index (χ2n) is 5.04. The smallest absolute Gasteiger partial charge is 0.249 e. The number of hydrogen-bond donors (Lipinski definition) is 2. The highest BCUT2D eigenvalue weighted by atomic mass is 79.9. The molecule has 0 fully saturated rings. The average molecular weight is 381 g/mol. The first-order valence-corrected chi connectivity index (χ1v) is 7.94. The van der Waals surface area contributed by atoms with Gasteiger partial charge in [0.05, 0.1) is 17.4 Å². The van der Waals surface area contributed by atoms with Crippen LogP contribution >= 0.6 is 15.9 Å². The number of anilines is 4. The average Bonchev–Trinajstić information content (AvgIpc) is 2.59. The molecule has 1 aromatic heterocycles. The van der Waals surface area contributed by atoms with Gasteiger partial charge in [-0.05, 0) is 36.8 Å². The zero-order chi connectivity index (χ0) is 16.9. The summed E-state index contributed by atoms with van der Waals surface area (Å²) in [6.07, 6.45) is 1.50. The van der Waals surface area contributed by atoms with Crippen LogP contribution in [0.15, 0.2) is 53.1 Å². The molecule has 0 atom stereocenters. The predicted octanol–water partition coefficient (Wildman–Crippen LogP) is 4.30. The molecular formula is C17H13BrN6. The van der Waals surface area contributed by atoms with Crippen LogP contribution in [0, 0.1) is 18.3 Å². The fraction of sp³-hybridized carbons (Fsp3) is 0.0588. The number of para-hydroxylation sites is 1. The molecule has 0 saturated carbocycles. The first-order chi connectivity index (χ1) is 11.7. The van der Waals surface area contributed by atoms with Crippen molar-refractivity contribution in [3.8, 4) is 6.07 Å². The van der Waals surface area contributed by atoms with Crippen LogP contribution in [0.3, 0.4) is 0 Å². The van der Waals surface area contributed by atoms with Crippen LogP contribution in [0.2, 0.25) is 0 Å². The number of nitriles is 1. The van der Waals surface area contributed by atoms with Crippen LogP contribution in [-0.2, 0) is 0 Å². The largest absolute Gasteiger partial charge is 0.338 e. The Morgan fingerprint density at radius 3 is 2.75 bits per heavy atom. The SMILES string of the molecule is Cc1ccc(Nc2nncc(Nc3ccccc3C#N)n2)cc1Br. The topological polar surface area (TPSA) is 86.5 Å². The maximum Gasteiger partial charge on any atom is 0.249 e. The number of nitrogens with zero attached hydrogens (tertiary/aromatic N) is 4. The molecule has 0 aliphatic heterocycles. The first-order valence-electron chi connectivity index (χ1n) is 7.15. The molecule has 118 valence electrons. The molecule has 6 nitrogen and oxygen atoms in total. The molecule has 3 rings (SSSR count). The molecule has 0 saturated heterocycles. The Morgan fingerprint density at radius 2 is 1.96 bits per heavy atom. The lowest BCUT2D eigenvalue weighted by Crippen LogP contribution is -2.03. The summed E-state index contributed by atoms with van der Waals surface area (Å²) in [6, 6.07) is 15.2. The lowest BCUT2D eigenvalue weighted by Gasteiger charge is -2.09. The number of aromatic nitrogens is 3. The summed E-state index contributed by atoms with van der Waals surface area (Å²) in [6.45, 7) is 2.02. The lowest BCUT2D eigenvalue weighted by molar-refractivity contribution is 0.982. The van der Waals surface area contributed by atoms with Crippen molar-refractivity contribution in [1.82, 2.24) is 15.2 Å². The van der Waals surface area contributed by atoms with Crippen molar-refractivity contribution in [3.05, 3.63) is 64.3 Å². The van der Waals surface area contributed by atoms with Gasteiger partial charge in [-0.3, -0.25) is 0 Å². The van der Waals surface area contributed by atoms with Gasteiger partial charge in [-0.25, -0.2) is 0 Å². The van der Waals surface area contributed by atoms with Crippen LogP contribution < -0.4 is 10.6 Å². The molecule has 0 amide bonds. The van der Waals surface area contributed by atoms with Crippen molar-refractivity contribution < 1.29 is 0 Å². The Balaban J connectivity index is 1.81. The van der Waals surface area contributed by atoms with E-state index in [1.165, 1.54) is 6.20 Å². The second-order valence-corrected chi connectivity index (χ2v) is 5.89. The zero-order valence-electron chi connectivity index (χ0n) is 12.8. The third kappa shape index (κ3) is 3.67. The van der Waals surface area contributed by atoms with Crippen LogP contribution in [0.25, 0.3) is 0 Å². The summed E-state index contributed by atoms with van der Waals surface area (Å²) in [4.78, 5) is 4.37. The maximum atomic E-state index is 9.14. The molecule has 24 heavy (non-hydrogen) atoms. The van der Waals surface area contributed by atoms with E-state index in [0.29, 0.717) is 23.0 Å². The van der Waals surface area contributed by atoms with Gasteiger partial charge in [-0.1, -0.05) is 34.1 Å². The summed E-state index contributed by atoms with van der Waals surface area (Å²) in [5.41, 5.74) is 3.20. The van der Waals surface area contributed by atoms with Crippen molar-refractivity contribution in [2.45, 2.75) is 6.92 Å².